The van der Waals surface area contributed by atoms with Crippen molar-refractivity contribution in [1.29, 1.82) is 0 Å². The van der Waals surface area contributed by atoms with E-state index in [0.29, 0.717) is 33.8 Å². The molecule has 2 N–H and O–H groups in total. The summed E-state index contributed by atoms with van der Waals surface area (Å²) in [5.74, 6) is 3.15. The SMILES string of the molecule is O=C(N[C@H]1CN2CCC1CC2)c1cn2c(C(=O)NCC34CC5CC(C5)C5(CC5C3)C4)cccc2n1. The minimum atomic E-state index is -0.134. The number of rotatable bonds is 5. The van der Waals surface area contributed by atoms with Gasteiger partial charge >= 0.3 is 0 Å². The summed E-state index contributed by atoms with van der Waals surface area (Å²) in [6.45, 7) is 4.01. The van der Waals surface area contributed by atoms with Gasteiger partial charge in [0.25, 0.3) is 11.8 Å². The third-order valence-corrected chi connectivity index (χ3v) is 11.0. The molecule has 0 aromatic carbocycles. The van der Waals surface area contributed by atoms with Crippen LogP contribution in [0.5, 0.6) is 0 Å². The zero-order valence-corrected chi connectivity index (χ0v) is 20.3. The van der Waals surface area contributed by atoms with Crippen LogP contribution in [-0.4, -0.2) is 58.3 Å². The molecule has 5 heterocycles. The summed E-state index contributed by atoms with van der Waals surface area (Å²) >= 11 is 0. The minimum Gasteiger partial charge on any atom is -0.350 e. The van der Waals surface area contributed by atoms with Gasteiger partial charge in [-0.3, -0.25) is 14.0 Å². The van der Waals surface area contributed by atoms with E-state index in [-0.39, 0.29) is 17.9 Å². The molecule has 35 heavy (non-hydrogen) atoms. The van der Waals surface area contributed by atoms with E-state index in [4.69, 9.17) is 0 Å². The average molecular weight is 474 g/mol. The first-order valence-electron chi connectivity index (χ1n) is 13.8. The third-order valence-electron chi connectivity index (χ3n) is 11.0. The van der Waals surface area contributed by atoms with Crippen LogP contribution in [0.3, 0.4) is 0 Å². The number of amides is 2. The zero-order valence-electron chi connectivity index (χ0n) is 20.3. The van der Waals surface area contributed by atoms with Gasteiger partial charge in [-0.2, -0.15) is 0 Å². The second kappa shape index (κ2) is 7.09. The summed E-state index contributed by atoms with van der Waals surface area (Å²) in [4.78, 5) is 33.4. The smallest absolute Gasteiger partial charge is 0.271 e. The number of carbonyl (C=O) groups is 2. The molecule has 5 saturated carbocycles. The van der Waals surface area contributed by atoms with E-state index in [1.807, 2.05) is 18.2 Å². The average Bonchev–Trinajstić information content (AvgIpc) is 3.22. The van der Waals surface area contributed by atoms with Crippen molar-refractivity contribution in [1.82, 2.24) is 24.9 Å². The van der Waals surface area contributed by atoms with Gasteiger partial charge in [0.05, 0.1) is 0 Å². The molecule has 8 aliphatic rings. The van der Waals surface area contributed by atoms with Gasteiger partial charge in [0.2, 0.25) is 0 Å². The topological polar surface area (TPSA) is 78.7 Å². The molecule has 5 aliphatic carbocycles. The van der Waals surface area contributed by atoms with Gasteiger partial charge in [0.15, 0.2) is 0 Å². The first kappa shape index (κ1) is 20.7. The molecule has 0 radical (unpaired) electrons. The molecular formula is C28H35N5O2. The second-order valence-electron chi connectivity index (χ2n) is 12.9. The number of pyridine rings is 1. The highest BCUT2D eigenvalue weighted by molar-refractivity contribution is 5.95. The number of carbonyl (C=O) groups excluding carboxylic acids is 2. The summed E-state index contributed by atoms with van der Waals surface area (Å²) in [5, 5.41) is 6.54. The minimum absolute atomic E-state index is 0.0575. The summed E-state index contributed by atoms with van der Waals surface area (Å²) < 4.78 is 1.79. The van der Waals surface area contributed by atoms with Gasteiger partial charge in [-0.15, -0.1) is 0 Å². The Morgan fingerprint density at radius 2 is 1.91 bits per heavy atom. The van der Waals surface area contributed by atoms with Gasteiger partial charge in [-0.05, 0) is 111 Å². The van der Waals surface area contributed by atoms with Gasteiger partial charge in [0.1, 0.15) is 17.0 Å². The van der Waals surface area contributed by atoms with Crippen LogP contribution < -0.4 is 10.6 Å². The summed E-state index contributed by atoms with van der Waals surface area (Å²) in [6, 6.07) is 5.77. The van der Waals surface area contributed by atoms with Gasteiger partial charge in [0, 0.05) is 25.3 Å². The second-order valence-corrected chi connectivity index (χ2v) is 12.9. The molecule has 2 aromatic rings. The molecule has 1 spiro atoms. The Hall–Kier alpha value is -2.41. The van der Waals surface area contributed by atoms with Crippen LogP contribution in [0.25, 0.3) is 5.65 Å². The number of nitrogens with zero attached hydrogens (tertiary/aromatic N) is 3. The highest BCUT2D eigenvalue weighted by Crippen LogP contribution is 2.79. The number of nitrogens with one attached hydrogen (secondary N) is 2. The lowest BCUT2D eigenvalue weighted by Crippen LogP contribution is -2.57. The van der Waals surface area contributed by atoms with E-state index in [2.05, 4.69) is 20.5 Å². The third kappa shape index (κ3) is 3.09. The highest BCUT2D eigenvalue weighted by atomic mass is 16.2. The van der Waals surface area contributed by atoms with Crippen molar-refractivity contribution < 1.29 is 9.59 Å². The molecule has 4 atom stereocenters. The van der Waals surface area contributed by atoms with Crippen LogP contribution in [0.1, 0.15) is 72.3 Å². The van der Waals surface area contributed by atoms with Crippen molar-refractivity contribution in [2.75, 3.05) is 26.2 Å². The van der Waals surface area contributed by atoms with E-state index in [9.17, 15) is 9.59 Å². The maximum atomic E-state index is 13.4. The Balaban J connectivity index is 0.989. The maximum Gasteiger partial charge on any atom is 0.271 e. The van der Waals surface area contributed by atoms with Crippen molar-refractivity contribution >= 4 is 17.5 Å². The predicted molar refractivity (Wildman–Crippen MR) is 131 cm³/mol. The van der Waals surface area contributed by atoms with Gasteiger partial charge < -0.3 is 15.5 Å². The first-order valence-corrected chi connectivity index (χ1v) is 13.8. The molecule has 3 saturated heterocycles. The lowest BCUT2D eigenvalue weighted by atomic mass is 9.66. The molecule has 184 valence electrons. The number of aromatic nitrogens is 2. The fourth-order valence-corrected chi connectivity index (χ4v) is 9.21. The van der Waals surface area contributed by atoms with Crippen LogP contribution in [-0.2, 0) is 0 Å². The highest BCUT2D eigenvalue weighted by Gasteiger charge is 2.71. The summed E-state index contributed by atoms with van der Waals surface area (Å²) in [7, 11) is 0. The fraction of sp³-hybridized carbons (Fsp3) is 0.679. The molecule has 8 fully saturated rings. The standard InChI is InChI=1S/C28H35N5O2/c34-25(31-21-13-32-6-4-18(21)5-7-32)22-14-33-23(2-1-3-24(33)30-22)26(35)29-16-27-10-17-8-19(9-17)28(15-27)12-20(28)11-27/h1-3,14,17-21H,4-13,15-16H2,(H,29,35)(H,31,34)/t17?,19?,20?,21-,27?,28?/m0/s1. The monoisotopic (exact) mass is 473 g/mol. The molecular weight excluding hydrogens is 438 g/mol. The number of hydrogen-bond acceptors (Lipinski definition) is 4. The van der Waals surface area contributed by atoms with E-state index >= 15 is 0 Å². The molecule has 2 amide bonds. The van der Waals surface area contributed by atoms with Crippen molar-refractivity contribution in [3.63, 3.8) is 0 Å². The molecule has 3 aliphatic heterocycles. The Bertz CT molecular complexity index is 1230. The molecule has 3 unspecified atom stereocenters. The van der Waals surface area contributed by atoms with Gasteiger partial charge in [-0.25, -0.2) is 4.98 Å². The summed E-state index contributed by atoms with van der Waals surface area (Å²) in [6.07, 6.45) is 12.3. The lowest BCUT2D eigenvalue weighted by molar-refractivity contribution is 0.0618. The van der Waals surface area contributed by atoms with Crippen molar-refractivity contribution in [2.45, 2.75) is 57.4 Å². The number of imidazole rings is 1. The van der Waals surface area contributed by atoms with E-state index in [1.54, 1.807) is 10.6 Å². The number of piperidine rings is 3. The van der Waals surface area contributed by atoms with E-state index < -0.39 is 0 Å². The largest absolute Gasteiger partial charge is 0.350 e. The van der Waals surface area contributed by atoms with Gasteiger partial charge in [-0.1, -0.05) is 6.07 Å². The van der Waals surface area contributed by atoms with Crippen LogP contribution in [0.4, 0.5) is 0 Å². The quantitative estimate of drug-likeness (QED) is 0.700. The summed E-state index contributed by atoms with van der Waals surface area (Å²) in [5.41, 5.74) is 2.54. The molecule has 7 nitrogen and oxygen atoms in total. The van der Waals surface area contributed by atoms with Crippen LogP contribution in [0, 0.1) is 34.5 Å². The van der Waals surface area contributed by atoms with Crippen LogP contribution >= 0.6 is 0 Å². The molecule has 10 rings (SSSR count). The Labute approximate surface area is 206 Å². The van der Waals surface area contributed by atoms with Crippen molar-refractivity contribution in [2.24, 2.45) is 34.5 Å². The van der Waals surface area contributed by atoms with Crippen LogP contribution in [0.15, 0.2) is 24.4 Å². The first-order chi connectivity index (χ1) is 17.0. The Kier molecular flexibility index (Phi) is 4.20. The normalized spacial score (nSPS) is 42.2. The number of fused-ring (bicyclic) bond motifs is 4. The fourth-order valence-electron chi connectivity index (χ4n) is 9.21. The van der Waals surface area contributed by atoms with Crippen molar-refractivity contribution in [3.8, 4) is 0 Å². The molecule has 6 bridgehead atoms. The zero-order chi connectivity index (χ0) is 23.4. The number of hydrogen-bond donors (Lipinski definition) is 2. The van der Waals surface area contributed by atoms with E-state index in [1.165, 1.54) is 38.5 Å². The van der Waals surface area contributed by atoms with E-state index in [0.717, 1.165) is 56.8 Å². The van der Waals surface area contributed by atoms with Crippen molar-refractivity contribution in [3.05, 3.63) is 35.8 Å². The lowest BCUT2D eigenvalue weighted by Gasteiger charge is -2.44. The predicted octanol–water partition coefficient (Wildman–Crippen LogP) is 3.10. The molecule has 2 aromatic heterocycles. The Morgan fingerprint density at radius 1 is 1.06 bits per heavy atom. The maximum absolute atomic E-state index is 13.4. The van der Waals surface area contributed by atoms with Crippen LogP contribution in [0.2, 0.25) is 0 Å². The molecule has 7 heteroatoms. The Morgan fingerprint density at radius 3 is 2.71 bits per heavy atom.